The highest BCUT2D eigenvalue weighted by atomic mass is 32.1. The van der Waals surface area contributed by atoms with Crippen molar-refractivity contribution in [1.29, 1.82) is 0 Å². The first-order chi connectivity index (χ1) is 8.48. The second kappa shape index (κ2) is 5.24. The number of aromatic nitrogens is 1. The van der Waals surface area contributed by atoms with Gasteiger partial charge in [0, 0.05) is 12.0 Å². The van der Waals surface area contributed by atoms with Crippen LogP contribution in [0.25, 0.3) is 10.2 Å². The van der Waals surface area contributed by atoms with Gasteiger partial charge in [-0.3, -0.25) is 0 Å². The summed E-state index contributed by atoms with van der Waals surface area (Å²) in [5.74, 6) is 0.916. The van der Waals surface area contributed by atoms with Crippen LogP contribution in [-0.4, -0.2) is 17.1 Å². The molecule has 0 bridgehead atoms. The number of hydrogen-bond donors (Lipinski definition) is 1. The molecule has 0 unspecified atom stereocenters. The van der Waals surface area contributed by atoms with E-state index in [9.17, 15) is 0 Å². The first-order valence-electron chi connectivity index (χ1n) is 6.29. The van der Waals surface area contributed by atoms with Gasteiger partial charge in [0.1, 0.15) is 5.75 Å². The van der Waals surface area contributed by atoms with Gasteiger partial charge in [-0.25, -0.2) is 4.98 Å². The molecular weight excluding hydrogens is 244 g/mol. The third-order valence-corrected chi connectivity index (χ3v) is 3.78. The van der Waals surface area contributed by atoms with Gasteiger partial charge in [-0.2, -0.15) is 0 Å². The van der Waals surface area contributed by atoms with Crippen LogP contribution in [0.4, 0.5) is 0 Å². The minimum atomic E-state index is -0.131. The average molecular weight is 264 g/mol. The standard InChI is InChI=1S/C14H20N2OS/c1-4-17-10-5-6-11-12(9-10)18-13(16-11)7-8-14(2,3)15/h5-6,9H,4,7-8,15H2,1-3H3. The van der Waals surface area contributed by atoms with Gasteiger partial charge in [-0.05, 0) is 45.4 Å². The summed E-state index contributed by atoms with van der Waals surface area (Å²) in [6, 6.07) is 6.06. The van der Waals surface area contributed by atoms with Crippen molar-refractivity contribution in [2.75, 3.05) is 6.61 Å². The Hall–Kier alpha value is -1.13. The fourth-order valence-corrected chi connectivity index (χ4v) is 2.74. The van der Waals surface area contributed by atoms with E-state index in [1.165, 1.54) is 4.70 Å². The number of thiazole rings is 1. The summed E-state index contributed by atoms with van der Waals surface area (Å²) in [5, 5.41) is 1.15. The molecule has 0 atom stereocenters. The summed E-state index contributed by atoms with van der Waals surface area (Å²) in [5.41, 5.74) is 6.92. The SMILES string of the molecule is CCOc1ccc2nc(CCC(C)(C)N)sc2c1. The summed E-state index contributed by atoms with van der Waals surface area (Å²) in [6.07, 6.45) is 1.89. The van der Waals surface area contributed by atoms with E-state index < -0.39 is 0 Å². The Bertz CT molecular complexity index is 528. The largest absolute Gasteiger partial charge is 0.494 e. The second-order valence-corrected chi connectivity index (χ2v) is 6.27. The van der Waals surface area contributed by atoms with E-state index in [2.05, 4.69) is 11.1 Å². The molecule has 0 radical (unpaired) electrons. The van der Waals surface area contributed by atoms with E-state index in [0.29, 0.717) is 6.61 Å². The maximum atomic E-state index is 6.00. The van der Waals surface area contributed by atoms with Crippen molar-refractivity contribution in [3.05, 3.63) is 23.2 Å². The Morgan fingerprint density at radius 2 is 2.17 bits per heavy atom. The lowest BCUT2D eigenvalue weighted by Gasteiger charge is -2.16. The van der Waals surface area contributed by atoms with Crippen molar-refractivity contribution in [3.8, 4) is 5.75 Å². The summed E-state index contributed by atoms with van der Waals surface area (Å²) >= 11 is 1.73. The van der Waals surface area contributed by atoms with Gasteiger partial charge < -0.3 is 10.5 Å². The number of rotatable bonds is 5. The van der Waals surface area contributed by atoms with Gasteiger partial charge in [0.05, 0.1) is 21.8 Å². The third kappa shape index (κ3) is 3.43. The molecule has 1 aromatic carbocycles. The normalized spacial score (nSPS) is 12.0. The van der Waals surface area contributed by atoms with Crippen LogP contribution in [0.15, 0.2) is 18.2 Å². The van der Waals surface area contributed by atoms with E-state index in [0.717, 1.165) is 29.1 Å². The summed E-state index contributed by atoms with van der Waals surface area (Å²) in [4.78, 5) is 4.62. The average Bonchev–Trinajstić information content (AvgIpc) is 2.68. The van der Waals surface area contributed by atoms with Crippen LogP contribution in [0.5, 0.6) is 5.75 Å². The quantitative estimate of drug-likeness (QED) is 0.900. The zero-order chi connectivity index (χ0) is 13.2. The van der Waals surface area contributed by atoms with Crippen LogP contribution in [0.3, 0.4) is 0 Å². The molecule has 0 saturated heterocycles. The fraction of sp³-hybridized carbons (Fsp3) is 0.500. The van der Waals surface area contributed by atoms with Gasteiger partial charge in [0.25, 0.3) is 0 Å². The van der Waals surface area contributed by atoms with E-state index in [1.807, 2.05) is 32.9 Å². The highest BCUT2D eigenvalue weighted by molar-refractivity contribution is 7.18. The Labute approximate surface area is 112 Å². The minimum Gasteiger partial charge on any atom is -0.494 e. The monoisotopic (exact) mass is 264 g/mol. The molecule has 1 heterocycles. The Morgan fingerprint density at radius 3 is 2.83 bits per heavy atom. The molecule has 0 aliphatic heterocycles. The molecule has 0 amide bonds. The lowest BCUT2D eigenvalue weighted by molar-refractivity contribution is 0.341. The molecular formula is C14H20N2OS. The summed E-state index contributed by atoms with van der Waals surface area (Å²) in [7, 11) is 0. The van der Waals surface area contributed by atoms with Crippen molar-refractivity contribution in [2.45, 2.75) is 39.2 Å². The molecule has 3 nitrogen and oxygen atoms in total. The first-order valence-corrected chi connectivity index (χ1v) is 7.11. The maximum absolute atomic E-state index is 6.00. The van der Waals surface area contributed by atoms with E-state index in [1.54, 1.807) is 11.3 Å². The van der Waals surface area contributed by atoms with Crippen LogP contribution < -0.4 is 10.5 Å². The second-order valence-electron chi connectivity index (χ2n) is 5.16. The molecule has 2 rings (SSSR count). The van der Waals surface area contributed by atoms with Gasteiger partial charge in [-0.1, -0.05) is 0 Å². The number of fused-ring (bicyclic) bond motifs is 1. The first kappa shape index (κ1) is 13.3. The number of hydrogen-bond acceptors (Lipinski definition) is 4. The van der Waals surface area contributed by atoms with Crippen LogP contribution in [0.2, 0.25) is 0 Å². The number of benzene rings is 1. The Balaban J connectivity index is 2.16. The van der Waals surface area contributed by atoms with Gasteiger partial charge >= 0.3 is 0 Å². The highest BCUT2D eigenvalue weighted by Gasteiger charge is 2.12. The molecule has 0 spiro atoms. The van der Waals surface area contributed by atoms with Crippen LogP contribution >= 0.6 is 11.3 Å². The predicted molar refractivity (Wildman–Crippen MR) is 77.4 cm³/mol. The van der Waals surface area contributed by atoms with E-state index in [4.69, 9.17) is 10.5 Å². The predicted octanol–water partition coefficient (Wildman–Crippen LogP) is 3.36. The molecule has 2 aromatic rings. The van der Waals surface area contributed by atoms with Gasteiger partial charge in [0.2, 0.25) is 0 Å². The van der Waals surface area contributed by atoms with Crippen molar-refractivity contribution in [2.24, 2.45) is 5.73 Å². The Morgan fingerprint density at radius 1 is 1.39 bits per heavy atom. The van der Waals surface area contributed by atoms with Crippen molar-refractivity contribution >= 4 is 21.6 Å². The number of nitrogens with two attached hydrogens (primary N) is 1. The van der Waals surface area contributed by atoms with Gasteiger partial charge in [0.15, 0.2) is 0 Å². The van der Waals surface area contributed by atoms with Crippen molar-refractivity contribution in [3.63, 3.8) is 0 Å². The zero-order valence-electron chi connectivity index (χ0n) is 11.2. The molecule has 98 valence electrons. The lowest BCUT2D eigenvalue weighted by atomic mass is 10.0. The number of nitrogens with zero attached hydrogens (tertiary/aromatic N) is 1. The smallest absolute Gasteiger partial charge is 0.120 e. The molecule has 0 aliphatic rings. The summed E-state index contributed by atoms with van der Waals surface area (Å²) < 4.78 is 6.68. The van der Waals surface area contributed by atoms with Gasteiger partial charge in [-0.15, -0.1) is 11.3 Å². The molecule has 0 fully saturated rings. The molecule has 18 heavy (non-hydrogen) atoms. The van der Waals surface area contributed by atoms with Crippen LogP contribution in [0, 0.1) is 0 Å². The Kier molecular flexibility index (Phi) is 3.88. The third-order valence-electron chi connectivity index (χ3n) is 2.70. The number of ether oxygens (including phenoxy) is 1. The van der Waals surface area contributed by atoms with Crippen molar-refractivity contribution in [1.82, 2.24) is 4.98 Å². The molecule has 4 heteroatoms. The maximum Gasteiger partial charge on any atom is 0.120 e. The molecule has 0 aliphatic carbocycles. The van der Waals surface area contributed by atoms with Crippen LogP contribution in [-0.2, 0) is 6.42 Å². The fourth-order valence-electron chi connectivity index (χ4n) is 1.75. The van der Waals surface area contributed by atoms with Crippen LogP contribution in [0.1, 0.15) is 32.2 Å². The zero-order valence-corrected chi connectivity index (χ0v) is 12.0. The van der Waals surface area contributed by atoms with Crippen molar-refractivity contribution < 1.29 is 4.74 Å². The highest BCUT2D eigenvalue weighted by Crippen LogP contribution is 2.27. The minimum absolute atomic E-state index is 0.131. The van der Waals surface area contributed by atoms with E-state index >= 15 is 0 Å². The summed E-state index contributed by atoms with van der Waals surface area (Å²) in [6.45, 7) is 6.78. The molecule has 0 saturated carbocycles. The lowest BCUT2D eigenvalue weighted by Crippen LogP contribution is -2.32. The topological polar surface area (TPSA) is 48.1 Å². The molecule has 1 aromatic heterocycles. The number of aryl methyl sites for hydroxylation is 1. The van der Waals surface area contributed by atoms with E-state index in [-0.39, 0.29) is 5.54 Å². The molecule has 2 N–H and O–H groups in total.